The molecule has 8 heteroatoms. The van der Waals surface area contributed by atoms with Crippen LogP contribution in [0.25, 0.3) is 11.4 Å². The summed E-state index contributed by atoms with van der Waals surface area (Å²) < 4.78 is 16.5. The zero-order chi connectivity index (χ0) is 22.0. The minimum atomic E-state index is -0.334. The topological polar surface area (TPSA) is 80.3 Å². The standard InChI is InChI=1S/C23H22ClFN6/c1-14(27-9-10-28-15(2)26)20-13-31-21-8-7-16(24)11-18(21)23(29-12-22(31)30-20)17-5-3-4-6-19(17)25/h3-8,11,13,27-28H,1-2,9-10,12,26H2. The first-order chi connectivity index (χ1) is 14.9. The first-order valence-corrected chi connectivity index (χ1v) is 10.1. The third-order valence-electron chi connectivity index (χ3n) is 4.88. The maximum absolute atomic E-state index is 14.5. The molecule has 0 saturated heterocycles. The van der Waals surface area contributed by atoms with Crippen molar-refractivity contribution in [3.8, 4) is 5.69 Å². The van der Waals surface area contributed by atoms with Crippen molar-refractivity contribution in [2.75, 3.05) is 13.1 Å². The third-order valence-corrected chi connectivity index (χ3v) is 5.12. The maximum atomic E-state index is 14.5. The number of nitrogens with one attached hydrogen (secondary N) is 2. The molecule has 158 valence electrons. The Morgan fingerprint density at radius 2 is 1.90 bits per heavy atom. The van der Waals surface area contributed by atoms with Crippen LogP contribution in [0.2, 0.25) is 5.02 Å². The summed E-state index contributed by atoms with van der Waals surface area (Å²) in [5.74, 6) is 0.806. The van der Waals surface area contributed by atoms with Gasteiger partial charge in [-0.25, -0.2) is 9.37 Å². The minimum absolute atomic E-state index is 0.289. The molecule has 0 unspecified atom stereocenters. The molecule has 1 aliphatic heterocycles. The van der Waals surface area contributed by atoms with E-state index in [2.05, 4.69) is 23.8 Å². The lowest BCUT2D eigenvalue weighted by Gasteiger charge is -2.13. The average Bonchev–Trinajstić information content (AvgIpc) is 3.10. The summed E-state index contributed by atoms with van der Waals surface area (Å²) in [5, 5.41) is 6.71. The van der Waals surface area contributed by atoms with Crippen LogP contribution in [0.1, 0.15) is 22.6 Å². The van der Waals surface area contributed by atoms with Crippen molar-refractivity contribution < 1.29 is 4.39 Å². The summed E-state index contributed by atoms with van der Waals surface area (Å²) in [6, 6.07) is 12.1. The van der Waals surface area contributed by atoms with Crippen molar-refractivity contribution in [2.45, 2.75) is 6.54 Å². The summed E-state index contributed by atoms with van der Waals surface area (Å²) in [6.07, 6.45) is 1.90. The number of nitrogens with zero attached hydrogens (tertiary/aromatic N) is 3. The molecule has 0 bridgehead atoms. The van der Waals surface area contributed by atoms with E-state index in [-0.39, 0.29) is 12.4 Å². The van der Waals surface area contributed by atoms with E-state index in [1.165, 1.54) is 6.07 Å². The van der Waals surface area contributed by atoms with Gasteiger partial charge in [0.1, 0.15) is 17.3 Å². The zero-order valence-electron chi connectivity index (χ0n) is 16.8. The number of rotatable bonds is 7. The van der Waals surface area contributed by atoms with Crippen LogP contribution in [0, 0.1) is 5.82 Å². The Bertz CT molecular complexity index is 1200. The van der Waals surface area contributed by atoms with E-state index in [1.54, 1.807) is 30.3 Å². The van der Waals surface area contributed by atoms with Gasteiger partial charge in [-0.1, -0.05) is 36.9 Å². The lowest BCUT2D eigenvalue weighted by atomic mass is 10.00. The number of fused-ring (bicyclic) bond motifs is 3. The highest BCUT2D eigenvalue weighted by Gasteiger charge is 2.23. The molecule has 4 rings (SSSR count). The molecule has 6 nitrogen and oxygen atoms in total. The summed E-state index contributed by atoms with van der Waals surface area (Å²) in [4.78, 5) is 9.40. The van der Waals surface area contributed by atoms with E-state index in [4.69, 9.17) is 27.3 Å². The Labute approximate surface area is 185 Å². The van der Waals surface area contributed by atoms with Gasteiger partial charge in [0.2, 0.25) is 0 Å². The van der Waals surface area contributed by atoms with Gasteiger partial charge in [-0.2, -0.15) is 0 Å². The van der Waals surface area contributed by atoms with E-state index >= 15 is 0 Å². The van der Waals surface area contributed by atoms with Crippen LogP contribution in [-0.2, 0) is 6.54 Å². The van der Waals surface area contributed by atoms with Gasteiger partial charge < -0.3 is 20.9 Å². The fraction of sp³-hybridized carbons (Fsp3) is 0.130. The molecule has 1 aliphatic rings. The molecule has 0 fully saturated rings. The van der Waals surface area contributed by atoms with E-state index in [1.807, 2.05) is 16.8 Å². The van der Waals surface area contributed by atoms with Crippen molar-refractivity contribution >= 4 is 23.0 Å². The predicted molar refractivity (Wildman–Crippen MR) is 123 cm³/mol. The van der Waals surface area contributed by atoms with Crippen molar-refractivity contribution in [1.29, 1.82) is 0 Å². The SMILES string of the molecule is C=C(N)NCCNC(=C)c1cn2c(n1)CN=C(c1ccccc1F)c1cc(Cl)ccc1-2. The number of aliphatic imine (C=N–C) groups is 1. The summed E-state index contributed by atoms with van der Waals surface area (Å²) in [6.45, 7) is 9.19. The molecule has 0 spiro atoms. The smallest absolute Gasteiger partial charge is 0.135 e. The second-order valence-electron chi connectivity index (χ2n) is 7.08. The van der Waals surface area contributed by atoms with Gasteiger partial charge in [0, 0.05) is 35.4 Å². The number of hydrogen-bond acceptors (Lipinski definition) is 5. The second kappa shape index (κ2) is 8.65. The molecule has 0 amide bonds. The molecule has 3 aromatic rings. The molecule has 2 heterocycles. The van der Waals surface area contributed by atoms with Gasteiger partial charge in [0.25, 0.3) is 0 Å². The van der Waals surface area contributed by atoms with Crippen LogP contribution < -0.4 is 16.4 Å². The van der Waals surface area contributed by atoms with Gasteiger partial charge >= 0.3 is 0 Å². The van der Waals surface area contributed by atoms with Gasteiger partial charge in [0.15, 0.2) is 0 Å². The van der Waals surface area contributed by atoms with Crippen LogP contribution in [0.15, 0.2) is 72.6 Å². The Morgan fingerprint density at radius 3 is 2.68 bits per heavy atom. The number of nitrogens with two attached hydrogens (primary N) is 1. The average molecular weight is 437 g/mol. The number of hydrogen-bond donors (Lipinski definition) is 3. The molecular weight excluding hydrogens is 415 g/mol. The van der Waals surface area contributed by atoms with Crippen LogP contribution >= 0.6 is 11.6 Å². The molecule has 4 N–H and O–H groups in total. The fourth-order valence-electron chi connectivity index (χ4n) is 3.44. The highest BCUT2D eigenvalue weighted by Crippen LogP contribution is 2.29. The lowest BCUT2D eigenvalue weighted by Crippen LogP contribution is -2.28. The zero-order valence-corrected chi connectivity index (χ0v) is 17.6. The molecule has 1 aromatic heterocycles. The lowest BCUT2D eigenvalue weighted by molar-refractivity contribution is 0.625. The molecule has 2 aromatic carbocycles. The molecule has 0 atom stereocenters. The number of halogens is 2. The summed E-state index contributed by atoms with van der Waals surface area (Å²) in [7, 11) is 0. The minimum Gasteiger partial charge on any atom is -0.386 e. The van der Waals surface area contributed by atoms with E-state index in [9.17, 15) is 4.39 Å². The highest BCUT2D eigenvalue weighted by molar-refractivity contribution is 6.31. The summed E-state index contributed by atoms with van der Waals surface area (Å²) in [5.41, 5.74) is 9.43. The molecular formula is C23H22ClFN6. The number of benzene rings is 2. The number of imidazole rings is 1. The van der Waals surface area contributed by atoms with Crippen molar-refractivity contribution in [3.05, 3.63) is 101 Å². The molecule has 31 heavy (non-hydrogen) atoms. The van der Waals surface area contributed by atoms with Crippen LogP contribution in [0.5, 0.6) is 0 Å². The van der Waals surface area contributed by atoms with Gasteiger partial charge in [-0.3, -0.25) is 4.99 Å². The van der Waals surface area contributed by atoms with Crippen molar-refractivity contribution in [1.82, 2.24) is 20.2 Å². The Kier molecular flexibility index (Phi) is 5.77. The quantitative estimate of drug-likeness (QED) is 0.494. The van der Waals surface area contributed by atoms with Crippen LogP contribution in [0.3, 0.4) is 0 Å². The van der Waals surface area contributed by atoms with Crippen LogP contribution in [0.4, 0.5) is 4.39 Å². The monoisotopic (exact) mass is 436 g/mol. The number of aromatic nitrogens is 2. The second-order valence-corrected chi connectivity index (χ2v) is 7.51. The highest BCUT2D eigenvalue weighted by atomic mass is 35.5. The Hall–Kier alpha value is -3.58. The Morgan fingerprint density at radius 1 is 1.13 bits per heavy atom. The van der Waals surface area contributed by atoms with E-state index in [0.717, 1.165) is 17.1 Å². The molecule has 0 aliphatic carbocycles. The van der Waals surface area contributed by atoms with Gasteiger partial charge in [-0.05, 0) is 30.3 Å². The fourth-order valence-corrected chi connectivity index (χ4v) is 3.61. The van der Waals surface area contributed by atoms with Gasteiger partial charge in [0.05, 0.1) is 29.5 Å². The molecule has 0 radical (unpaired) electrons. The predicted octanol–water partition coefficient (Wildman–Crippen LogP) is 3.60. The largest absolute Gasteiger partial charge is 0.386 e. The van der Waals surface area contributed by atoms with E-state index in [0.29, 0.717) is 46.6 Å². The summed E-state index contributed by atoms with van der Waals surface area (Å²) >= 11 is 6.28. The first kappa shape index (κ1) is 20.7. The first-order valence-electron chi connectivity index (χ1n) is 9.73. The van der Waals surface area contributed by atoms with E-state index < -0.39 is 0 Å². The Balaban J connectivity index is 1.68. The van der Waals surface area contributed by atoms with Crippen molar-refractivity contribution in [3.63, 3.8) is 0 Å². The van der Waals surface area contributed by atoms with Crippen molar-refractivity contribution in [2.24, 2.45) is 10.7 Å². The molecule has 0 saturated carbocycles. The van der Waals surface area contributed by atoms with Crippen LogP contribution in [-0.4, -0.2) is 28.4 Å². The normalized spacial score (nSPS) is 12.3. The van der Waals surface area contributed by atoms with Gasteiger partial charge in [-0.15, -0.1) is 0 Å². The third kappa shape index (κ3) is 4.32. The maximum Gasteiger partial charge on any atom is 0.135 e.